The van der Waals surface area contributed by atoms with Crippen molar-refractivity contribution in [2.75, 3.05) is 66.4 Å². The summed E-state index contributed by atoms with van der Waals surface area (Å²) >= 11 is 0. The molecule has 2 saturated carbocycles. The minimum atomic E-state index is -2.53. The quantitative estimate of drug-likeness (QED) is 0.0210. The van der Waals surface area contributed by atoms with E-state index in [0.29, 0.717) is 58.5 Å². The molecule has 2 unspecified atom stereocenters. The topological polar surface area (TPSA) is 409 Å². The monoisotopic (exact) mass is 1390 g/mol. The van der Waals surface area contributed by atoms with Gasteiger partial charge in [-0.15, -0.1) is 0 Å². The molecule has 2 aromatic carbocycles. The maximum atomic E-state index is 15.4. The second-order valence-corrected chi connectivity index (χ2v) is 27.1. The molecule has 1 saturated heterocycles. The summed E-state index contributed by atoms with van der Waals surface area (Å²) in [4.78, 5) is 162. The number of benzene rings is 2. The van der Waals surface area contributed by atoms with Gasteiger partial charge in [-0.3, -0.25) is 43.2 Å². The third-order valence-electron chi connectivity index (χ3n) is 18.5. The molecule has 8 N–H and O–H groups in total. The van der Waals surface area contributed by atoms with E-state index in [1.54, 1.807) is 64.3 Å². The van der Waals surface area contributed by atoms with Crippen LogP contribution in [0.5, 0.6) is 0 Å². The summed E-state index contributed by atoms with van der Waals surface area (Å²) in [5.41, 5.74) is -9.35. The zero-order valence-corrected chi connectivity index (χ0v) is 58.0. The third-order valence-corrected chi connectivity index (χ3v) is 18.5. The average molecular weight is 1390 g/mol. The molecule has 5 amide bonds. The molecule has 0 aromatic heterocycles. The van der Waals surface area contributed by atoms with Crippen molar-refractivity contribution in [2.24, 2.45) is 16.7 Å². The minimum absolute atomic E-state index is 0.00246. The lowest BCUT2D eigenvalue weighted by molar-refractivity contribution is -0.346. The number of esters is 4. The number of amides is 5. The average Bonchev–Trinajstić information content (AvgIpc) is 0.671. The van der Waals surface area contributed by atoms with Crippen LogP contribution < -0.4 is 26.6 Å². The lowest BCUT2D eigenvalue weighted by atomic mass is 9.44. The van der Waals surface area contributed by atoms with Crippen molar-refractivity contribution in [2.45, 2.75) is 198 Å². The number of carbonyl (C=O) groups is 12. The first kappa shape index (κ1) is 79.9. The fraction of sp³-hybridized carbons (Fsp3) is 0.629. The molecule has 546 valence electrons. The molecule has 6 rings (SSSR count). The zero-order chi connectivity index (χ0) is 73.0. The van der Waals surface area contributed by atoms with Crippen LogP contribution in [0.3, 0.4) is 0 Å². The third kappa shape index (κ3) is 20.8. The highest BCUT2D eigenvalue weighted by Gasteiger charge is 2.78. The first-order chi connectivity index (χ1) is 46.7. The molecule has 1 aliphatic heterocycles. The molecule has 2 bridgehead atoms. The molecule has 3 fully saturated rings. The van der Waals surface area contributed by atoms with Crippen LogP contribution in [-0.4, -0.2) is 212 Å². The van der Waals surface area contributed by atoms with Crippen LogP contribution in [-0.2, 0) is 90.6 Å². The van der Waals surface area contributed by atoms with Crippen molar-refractivity contribution in [1.29, 1.82) is 0 Å². The van der Waals surface area contributed by atoms with E-state index in [9.17, 15) is 63.3 Å². The number of rotatable bonds is 36. The van der Waals surface area contributed by atoms with E-state index >= 15 is 9.59 Å². The predicted molar refractivity (Wildman–Crippen MR) is 349 cm³/mol. The highest BCUT2D eigenvalue weighted by molar-refractivity contribution is 5.95. The van der Waals surface area contributed by atoms with Crippen molar-refractivity contribution in [3.63, 3.8) is 0 Å². The van der Waals surface area contributed by atoms with E-state index < -0.39 is 174 Å². The van der Waals surface area contributed by atoms with Gasteiger partial charge in [0, 0.05) is 58.0 Å². The second-order valence-electron chi connectivity index (χ2n) is 27.1. The van der Waals surface area contributed by atoms with E-state index in [2.05, 4.69) is 26.6 Å². The van der Waals surface area contributed by atoms with Crippen LogP contribution >= 0.6 is 0 Å². The Bertz CT molecular complexity index is 3250. The Morgan fingerprint density at radius 3 is 1.91 bits per heavy atom. The number of fused-ring (bicyclic) bond motifs is 5. The van der Waals surface area contributed by atoms with E-state index in [1.165, 1.54) is 58.9 Å². The van der Waals surface area contributed by atoms with E-state index in [1.807, 2.05) is 0 Å². The number of hydrogen-bond acceptors (Lipinski definition) is 24. The van der Waals surface area contributed by atoms with Crippen molar-refractivity contribution in [3.8, 4) is 0 Å². The number of ketones is 3. The molecule has 99 heavy (non-hydrogen) atoms. The molecule has 12 atom stereocenters. The summed E-state index contributed by atoms with van der Waals surface area (Å²) in [6.45, 7) is 12.8. The van der Waals surface area contributed by atoms with Gasteiger partial charge in [-0.2, -0.15) is 0 Å². The van der Waals surface area contributed by atoms with Gasteiger partial charge in [0.1, 0.15) is 47.4 Å². The van der Waals surface area contributed by atoms with Crippen LogP contribution in [0.2, 0.25) is 0 Å². The van der Waals surface area contributed by atoms with Gasteiger partial charge >= 0.3 is 30.0 Å². The summed E-state index contributed by atoms with van der Waals surface area (Å²) in [5, 5.41) is 50.7. The number of aliphatic hydroxyl groups is 3. The molecule has 3 aliphatic carbocycles. The molecular weight excluding hydrogens is 1290 g/mol. The molecule has 29 nitrogen and oxygen atoms in total. The Balaban J connectivity index is 1.10. The summed E-state index contributed by atoms with van der Waals surface area (Å²) in [7, 11) is 1.58. The highest BCUT2D eigenvalue weighted by Crippen LogP contribution is 2.64. The van der Waals surface area contributed by atoms with Gasteiger partial charge in [-0.05, 0) is 89.6 Å². The summed E-state index contributed by atoms with van der Waals surface area (Å²) in [5.74, 6) is -10.1. The normalized spacial score (nSPS) is 24.6. The molecule has 0 spiro atoms. The molecule has 29 heteroatoms. The minimum Gasteiger partial charge on any atom is -0.455 e. The van der Waals surface area contributed by atoms with Gasteiger partial charge in [-0.1, -0.05) is 75.2 Å². The first-order valence-corrected chi connectivity index (χ1v) is 33.3. The number of methoxy groups -OCH3 is 1. The van der Waals surface area contributed by atoms with E-state index in [4.69, 9.17) is 42.6 Å². The standard InChI is InChI=1S/C70H97N5O24/c1-41-48(36-70(90)62(97-63(87)45-23-16-12-17-24-45)60-68(9,61(86)58(85)56(41)67(70,7)8)49(79)35-50-69(60,40-94-50)98-43(3)77)95-64(88)59(57(44-21-14-11-15-22-44)75-65(89)99-66(4,5)6)96-55(84)28-20-27-51(80)71-37-52(81)72-38-53(82)73-39-54(83)74-47(42(2)76)26-19-13-18-25-46(78)29-30-92-33-34-93-32-31-91-10/h11-12,14-17,21-24,47-50,57-60,62,79,85,90H,13,18-20,25-40H2,1-10H3,(H,71,80)(H,72,81)(H,73,82)(H,74,83)(H,75,89)/t47?,48-,49-,50+,57-,58?,59+,60-,62-,68+,69-,70+/m0/s1. The first-order valence-electron chi connectivity index (χ1n) is 33.3. The number of alkyl carbamates (subject to hydrolysis) is 1. The highest BCUT2D eigenvalue weighted by atomic mass is 16.6. The van der Waals surface area contributed by atoms with Crippen LogP contribution in [0.25, 0.3) is 0 Å². The molecule has 2 aromatic rings. The van der Waals surface area contributed by atoms with Crippen LogP contribution in [0.1, 0.15) is 155 Å². The van der Waals surface area contributed by atoms with Gasteiger partial charge < -0.3 is 84.5 Å². The number of nitrogens with one attached hydrogen (secondary N) is 5. The summed E-state index contributed by atoms with van der Waals surface area (Å²) in [6, 6.07) is 13.0. The van der Waals surface area contributed by atoms with Crippen LogP contribution in [0, 0.1) is 16.7 Å². The molecular formula is C70H97N5O24. The largest absolute Gasteiger partial charge is 0.455 e. The Hall–Kier alpha value is -8.06. The van der Waals surface area contributed by atoms with Crippen molar-refractivity contribution in [1.82, 2.24) is 26.6 Å². The smallest absolute Gasteiger partial charge is 0.408 e. The number of aliphatic hydroxyl groups excluding tert-OH is 2. The van der Waals surface area contributed by atoms with Crippen LogP contribution in [0.4, 0.5) is 4.79 Å². The maximum absolute atomic E-state index is 15.4. The fourth-order valence-corrected chi connectivity index (χ4v) is 13.3. The Morgan fingerprint density at radius 1 is 0.707 bits per heavy atom. The maximum Gasteiger partial charge on any atom is 0.408 e. The van der Waals surface area contributed by atoms with Crippen molar-refractivity contribution >= 4 is 70.9 Å². The molecule has 0 radical (unpaired) electrons. The van der Waals surface area contributed by atoms with E-state index in [0.717, 1.165) is 6.92 Å². The number of hydrogen-bond donors (Lipinski definition) is 8. The number of carbonyl (C=O) groups excluding carboxylic acids is 12. The van der Waals surface area contributed by atoms with Gasteiger partial charge in [0.25, 0.3) is 0 Å². The van der Waals surface area contributed by atoms with Gasteiger partial charge in [-0.25, -0.2) is 14.4 Å². The molecule has 1 heterocycles. The fourth-order valence-electron chi connectivity index (χ4n) is 13.3. The number of ether oxygens (including phenoxy) is 9. The van der Waals surface area contributed by atoms with Gasteiger partial charge in [0.2, 0.25) is 29.7 Å². The predicted octanol–water partition coefficient (Wildman–Crippen LogP) is 2.99. The lowest BCUT2D eigenvalue weighted by Gasteiger charge is -2.67. The van der Waals surface area contributed by atoms with Crippen molar-refractivity contribution in [3.05, 3.63) is 82.9 Å². The van der Waals surface area contributed by atoms with Gasteiger partial charge in [0.15, 0.2) is 17.2 Å². The van der Waals surface area contributed by atoms with Gasteiger partial charge in [0.05, 0.1) is 88.3 Å². The summed E-state index contributed by atoms with van der Waals surface area (Å²) < 4.78 is 51.8. The summed E-state index contributed by atoms with van der Waals surface area (Å²) in [6.07, 6.45) is -11.1. The Kier molecular flexibility index (Phi) is 28.9. The van der Waals surface area contributed by atoms with E-state index in [-0.39, 0.29) is 72.7 Å². The second kappa shape index (κ2) is 35.8. The Morgan fingerprint density at radius 2 is 1.31 bits per heavy atom. The lowest BCUT2D eigenvalue weighted by Crippen LogP contribution is -2.81. The van der Waals surface area contributed by atoms with Crippen molar-refractivity contribution < 1.29 is 115 Å². The SMILES string of the molecule is COCCOCCOCCC(=O)CCCCCC(NC(=O)CNC(=O)CNC(=O)CNC(=O)CCCC(=O)O[C@@H](C(=O)O[C@H]1C[C@@]2(O)[C@@H](OC(=O)c3ccccc3)[C@@H]3[C@]4(OC(C)=O)CO[C@@H]4C[C@H](O)[C@@]3(C)C(=O)C(O)C(=C1C)C2(C)C)[C@@H](NC(=O)OC(C)(C)C)c1ccccc1)C(C)=O. The zero-order valence-electron chi connectivity index (χ0n) is 58.0. The Labute approximate surface area is 575 Å². The number of Topliss-reactive ketones (excluding diaryl/α,β-unsaturated/α-hetero) is 3. The number of unbranched alkanes of at least 4 members (excludes halogenated alkanes) is 2. The van der Waals surface area contributed by atoms with Crippen LogP contribution in [0.15, 0.2) is 71.8 Å². The molecule has 4 aliphatic rings.